The SMILES string of the molecule is CCO[Si](CCCN1CCN(CCC[Si](OCC)(OCC)OCC)C1=O)(OCC)OCC. The minimum atomic E-state index is -2.66. The van der Waals surface area contributed by atoms with Crippen molar-refractivity contribution < 1.29 is 31.4 Å². The van der Waals surface area contributed by atoms with E-state index < -0.39 is 17.6 Å². The predicted molar refractivity (Wildman–Crippen MR) is 129 cm³/mol. The number of urea groups is 1. The molecule has 0 unspecified atom stereocenters. The van der Waals surface area contributed by atoms with Gasteiger partial charge in [0.15, 0.2) is 0 Å². The number of rotatable bonds is 20. The van der Waals surface area contributed by atoms with E-state index in [2.05, 4.69) is 0 Å². The van der Waals surface area contributed by atoms with Crippen molar-refractivity contribution in [2.75, 3.05) is 65.8 Å². The Morgan fingerprint density at radius 1 is 0.594 bits per heavy atom. The van der Waals surface area contributed by atoms with Gasteiger partial charge in [-0.3, -0.25) is 0 Å². The van der Waals surface area contributed by atoms with Gasteiger partial charge in [-0.2, -0.15) is 0 Å². The Kier molecular flexibility index (Phi) is 14.9. The normalized spacial score (nSPS) is 15.2. The molecule has 1 fully saturated rings. The molecule has 1 aliphatic heterocycles. The lowest BCUT2D eigenvalue weighted by Crippen LogP contribution is -2.47. The van der Waals surface area contributed by atoms with Crippen LogP contribution in [0.25, 0.3) is 0 Å². The van der Waals surface area contributed by atoms with E-state index >= 15 is 0 Å². The third-order valence-electron chi connectivity index (χ3n) is 5.19. The molecule has 0 aromatic carbocycles. The summed E-state index contributed by atoms with van der Waals surface area (Å²) >= 11 is 0. The molecule has 0 spiro atoms. The number of hydrogen-bond acceptors (Lipinski definition) is 7. The molecular weight excluding hydrogens is 448 g/mol. The van der Waals surface area contributed by atoms with Crippen molar-refractivity contribution in [3.63, 3.8) is 0 Å². The molecule has 0 bridgehead atoms. The van der Waals surface area contributed by atoms with Crippen LogP contribution in [-0.4, -0.2) is 99.3 Å². The Balaban J connectivity index is 2.52. The van der Waals surface area contributed by atoms with Crippen LogP contribution in [0.2, 0.25) is 12.1 Å². The van der Waals surface area contributed by atoms with Crippen LogP contribution in [0.3, 0.4) is 0 Å². The lowest BCUT2D eigenvalue weighted by Gasteiger charge is -2.29. The van der Waals surface area contributed by atoms with Gasteiger partial charge >= 0.3 is 23.6 Å². The predicted octanol–water partition coefficient (Wildman–Crippen LogP) is 3.60. The van der Waals surface area contributed by atoms with Gasteiger partial charge in [0.25, 0.3) is 0 Å². The molecule has 1 aliphatic rings. The number of nitrogens with zero attached hydrogens (tertiary/aromatic N) is 2. The minimum absolute atomic E-state index is 0.0954. The maximum absolute atomic E-state index is 12.9. The molecule has 190 valence electrons. The summed E-state index contributed by atoms with van der Waals surface area (Å²) in [5.41, 5.74) is 0. The van der Waals surface area contributed by atoms with E-state index in [1.54, 1.807) is 0 Å². The summed E-state index contributed by atoms with van der Waals surface area (Å²) in [6.45, 7) is 18.0. The van der Waals surface area contributed by atoms with E-state index in [0.717, 1.165) is 38.0 Å². The molecule has 0 radical (unpaired) electrons. The second-order valence-electron chi connectivity index (χ2n) is 7.43. The highest BCUT2D eigenvalue weighted by Gasteiger charge is 2.41. The molecule has 0 aliphatic carbocycles. The van der Waals surface area contributed by atoms with Crippen molar-refractivity contribution in [2.45, 2.75) is 66.5 Å². The third-order valence-corrected chi connectivity index (χ3v) is 11.5. The summed E-state index contributed by atoms with van der Waals surface area (Å²) in [5, 5.41) is 0. The van der Waals surface area contributed by atoms with Gasteiger partial charge < -0.3 is 36.4 Å². The smallest absolute Gasteiger partial charge is 0.374 e. The fourth-order valence-corrected chi connectivity index (χ4v) is 9.21. The maximum Gasteiger partial charge on any atom is 0.500 e. The molecular formula is C21H46N2O7Si2. The molecule has 0 saturated carbocycles. The molecule has 32 heavy (non-hydrogen) atoms. The van der Waals surface area contributed by atoms with Crippen molar-refractivity contribution in [3.05, 3.63) is 0 Å². The first-order chi connectivity index (χ1) is 15.4. The Morgan fingerprint density at radius 2 is 0.875 bits per heavy atom. The van der Waals surface area contributed by atoms with Crippen LogP contribution in [0.15, 0.2) is 0 Å². The van der Waals surface area contributed by atoms with Gasteiger partial charge in [0.05, 0.1) is 0 Å². The van der Waals surface area contributed by atoms with Gasteiger partial charge in [-0.25, -0.2) is 4.79 Å². The summed E-state index contributed by atoms with van der Waals surface area (Å²) in [6, 6.07) is 1.53. The van der Waals surface area contributed by atoms with Crippen molar-refractivity contribution in [2.24, 2.45) is 0 Å². The Bertz CT molecular complexity index is 441. The molecule has 2 amide bonds. The van der Waals surface area contributed by atoms with Gasteiger partial charge in [0, 0.05) is 77.9 Å². The van der Waals surface area contributed by atoms with E-state index in [4.69, 9.17) is 26.6 Å². The van der Waals surface area contributed by atoms with Crippen molar-refractivity contribution in [1.29, 1.82) is 0 Å². The van der Waals surface area contributed by atoms with Crippen LogP contribution < -0.4 is 0 Å². The Hall–Kier alpha value is -0.536. The summed E-state index contributed by atoms with van der Waals surface area (Å²) in [4.78, 5) is 16.7. The van der Waals surface area contributed by atoms with Crippen LogP contribution in [-0.2, 0) is 26.6 Å². The molecule has 0 atom stereocenters. The van der Waals surface area contributed by atoms with Crippen LogP contribution in [0.4, 0.5) is 4.79 Å². The topological polar surface area (TPSA) is 78.9 Å². The molecule has 1 saturated heterocycles. The van der Waals surface area contributed by atoms with Crippen molar-refractivity contribution >= 4 is 23.6 Å². The quantitative estimate of drug-likeness (QED) is 0.239. The molecule has 1 heterocycles. The molecule has 9 nitrogen and oxygen atoms in total. The highest BCUT2D eigenvalue weighted by Crippen LogP contribution is 2.22. The monoisotopic (exact) mass is 494 g/mol. The minimum Gasteiger partial charge on any atom is -0.374 e. The van der Waals surface area contributed by atoms with Gasteiger partial charge in [0.1, 0.15) is 0 Å². The van der Waals surface area contributed by atoms with Crippen molar-refractivity contribution in [1.82, 2.24) is 9.80 Å². The van der Waals surface area contributed by atoms with E-state index in [-0.39, 0.29) is 6.03 Å². The molecule has 0 aromatic rings. The first-order valence-electron chi connectivity index (χ1n) is 12.3. The number of carbonyl (C=O) groups is 1. The summed E-state index contributed by atoms with van der Waals surface area (Å²) in [7, 11) is -5.32. The third kappa shape index (κ3) is 9.37. The van der Waals surface area contributed by atoms with E-state index in [0.29, 0.717) is 52.7 Å². The average molecular weight is 495 g/mol. The molecule has 0 N–H and O–H groups in total. The number of hydrogen-bond donors (Lipinski definition) is 0. The zero-order valence-corrected chi connectivity index (χ0v) is 23.2. The highest BCUT2D eigenvalue weighted by molar-refractivity contribution is 6.61. The van der Waals surface area contributed by atoms with E-state index in [9.17, 15) is 4.79 Å². The number of carbonyl (C=O) groups excluding carboxylic acids is 1. The average Bonchev–Trinajstić information content (AvgIpc) is 3.09. The van der Waals surface area contributed by atoms with Crippen LogP contribution in [0.5, 0.6) is 0 Å². The summed E-state index contributed by atoms with van der Waals surface area (Å²) < 4.78 is 35.5. The summed E-state index contributed by atoms with van der Waals surface area (Å²) in [6.07, 6.45) is 1.61. The lowest BCUT2D eigenvalue weighted by atomic mass is 10.4. The van der Waals surface area contributed by atoms with E-state index in [1.165, 1.54) is 0 Å². The van der Waals surface area contributed by atoms with Gasteiger partial charge in [-0.05, 0) is 54.4 Å². The fraction of sp³-hybridized carbons (Fsp3) is 0.952. The van der Waals surface area contributed by atoms with Crippen LogP contribution in [0.1, 0.15) is 54.4 Å². The Labute approximate surface area is 197 Å². The number of amides is 2. The van der Waals surface area contributed by atoms with Crippen LogP contribution >= 0.6 is 0 Å². The van der Waals surface area contributed by atoms with Crippen LogP contribution in [0, 0.1) is 0 Å². The van der Waals surface area contributed by atoms with Crippen molar-refractivity contribution in [3.8, 4) is 0 Å². The highest BCUT2D eigenvalue weighted by atomic mass is 28.4. The zero-order chi connectivity index (χ0) is 23.9. The summed E-state index contributed by atoms with van der Waals surface area (Å²) in [5.74, 6) is 0. The van der Waals surface area contributed by atoms with E-state index in [1.807, 2.05) is 51.3 Å². The molecule has 0 aromatic heterocycles. The largest absolute Gasteiger partial charge is 0.500 e. The van der Waals surface area contributed by atoms with Gasteiger partial charge in [-0.15, -0.1) is 0 Å². The first kappa shape index (κ1) is 29.5. The second-order valence-corrected chi connectivity index (χ2v) is 12.9. The maximum atomic E-state index is 12.9. The lowest BCUT2D eigenvalue weighted by molar-refractivity contribution is 0.0697. The molecule has 1 rings (SSSR count). The zero-order valence-electron chi connectivity index (χ0n) is 21.2. The fourth-order valence-electron chi connectivity index (χ4n) is 4.02. The van der Waals surface area contributed by atoms with Gasteiger partial charge in [-0.1, -0.05) is 0 Å². The van der Waals surface area contributed by atoms with Gasteiger partial charge in [0.2, 0.25) is 0 Å². The first-order valence-corrected chi connectivity index (χ1v) is 16.2. The standard InChI is InChI=1S/C21H46N2O7Si2/c1-7-25-31(26-8-2,27-9-3)19-13-15-22-17-18-23(21(22)24)16-14-20-32(28-10-4,29-11-5)30-12-6/h7-20H2,1-6H3. The second kappa shape index (κ2) is 16.2. The molecule has 11 heteroatoms. The Morgan fingerprint density at radius 3 is 1.12 bits per heavy atom.